The van der Waals surface area contributed by atoms with E-state index in [2.05, 4.69) is 26.8 Å². The largest absolute Gasteiger partial charge is 0.493 e. The molecule has 10 heteroatoms. The van der Waals surface area contributed by atoms with Crippen LogP contribution in [0.5, 0.6) is 5.88 Å². The average molecular weight is 379 g/mol. The van der Waals surface area contributed by atoms with Gasteiger partial charge in [-0.2, -0.15) is 4.98 Å². The molecule has 0 radical (unpaired) electrons. The first-order chi connectivity index (χ1) is 13.4. The molecule has 2 N–H and O–H groups in total. The van der Waals surface area contributed by atoms with Crippen LogP contribution in [-0.2, 0) is 20.6 Å². The number of azo groups is 1. The van der Waals surface area contributed by atoms with Gasteiger partial charge >= 0.3 is 5.69 Å². The first-order valence-corrected chi connectivity index (χ1v) is 8.42. The van der Waals surface area contributed by atoms with Gasteiger partial charge in [-0.3, -0.25) is 13.9 Å². The molecule has 0 saturated heterocycles. The van der Waals surface area contributed by atoms with Crippen LogP contribution in [0.25, 0.3) is 22.1 Å². The third-order valence-electron chi connectivity index (χ3n) is 4.55. The van der Waals surface area contributed by atoms with Gasteiger partial charge in [0.25, 0.3) is 11.5 Å². The maximum absolute atomic E-state index is 12.7. The van der Waals surface area contributed by atoms with Crippen LogP contribution < -0.4 is 11.2 Å². The SMILES string of the molecule is C=CCn1c(=O)c2c(nc(N=Nc3c(O)[nH]c4ccccc34)n2C)n(C)c1=O. The smallest absolute Gasteiger partial charge is 0.332 e. The number of hydrogen-bond acceptors (Lipinski definition) is 6. The molecule has 10 nitrogen and oxygen atoms in total. The number of nitrogens with zero attached hydrogens (tertiary/aromatic N) is 6. The zero-order chi connectivity index (χ0) is 20.0. The fraction of sp³-hybridized carbons (Fsp3) is 0.167. The van der Waals surface area contributed by atoms with E-state index in [-0.39, 0.29) is 35.2 Å². The molecule has 4 aromatic rings. The van der Waals surface area contributed by atoms with Crippen LogP contribution in [0.15, 0.2) is 56.7 Å². The summed E-state index contributed by atoms with van der Waals surface area (Å²) >= 11 is 0. The van der Waals surface area contributed by atoms with E-state index in [1.165, 1.54) is 22.3 Å². The molecule has 0 aliphatic carbocycles. The topological polar surface area (TPSA) is 123 Å². The number of hydrogen-bond donors (Lipinski definition) is 2. The van der Waals surface area contributed by atoms with Gasteiger partial charge in [-0.1, -0.05) is 24.3 Å². The summed E-state index contributed by atoms with van der Waals surface area (Å²) in [6.07, 6.45) is 1.48. The second-order valence-electron chi connectivity index (χ2n) is 6.26. The molecule has 0 atom stereocenters. The van der Waals surface area contributed by atoms with Crippen molar-refractivity contribution in [2.75, 3.05) is 0 Å². The molecule has 3 aromatic heterocycles. The van der Waals surface area contributed by atoms with Gasteiger partial charge in [0, 0.05) is 26.0 Å². The number of aromatic hydroxyl groups is 1. The van der Waals surface area contributed by atoms with Crippen LogP contribution >= 0.6 is 0 Å². The lowest BCUT2D eigenvalue weighted by atomic mass is 10.2. The average Bonchev–Trinajstić information content (AvgIpc) is 3.18. The molecule has 0 fully saturated rings. The third kappa shape index (κ3) is 2.46. The molecule has 0 aliphatic rings. The number of rotatable bonds is 4. The molecule has 0 bridgehead atoms. The number of para-hydroxylation sites is 1. The summed E-state index contributed by atoms with van der Waals surface area (Å²) in [5.74, 6) is 0.00703. The number of H-pyrrole nitrogens is 1. The fourth-order valence-electron chi connectivity index (χ4n) is 3.12. The van der Waals surface area contributed by atoms with Crippen LogP contribution in [0.4, 0.5) is 11.6 Å². The van der Waals surface area contributed by atoms with E-state index in [9.17, 15) is 14.7 Å². The Hall–Kier alpha value is -3.95. The maximum atomic E-state index is 12.7. The first kappa shape index (κ1) is 17.5. The minimum Gasteiger partial charge on any atom is -0.493 e. The molecule has 142 valence electrons. The van der Waals surface area contributed by atoms with E-state index in [4.69, 9.17) is 0 Å². The van der Waals surface area contributed by atoms with Gasteiger partial charge in [0.2, 0.25) is 5.88 Å². The summed E-state index contributed by atoms with van der Waals surface area (Å²) in [6.45, 7) is 3.67. The molecular formula is C18H17N7O3. The van der Waals surface area contributed by atoms with E-state index >= 15 is 0 Å². The Labute approximate surface area is 157 Å². The van der Waals surface area contributed by atoms with Crippen molar-refractivity contribution in [3.05, 3.63) is 57.8 Å². The van der Waals surface area contributed by atoms with Crippen molar-refractivity contribution in [2.45, 2.75) is 6.54 Å². The lowest BCUT2D eigenvalue weighted by molar-refractivity contribution is 0.459. The summed E-state index contributed by atoms with van der Waals surface area (Å²) < 4.78 is 3.82. The molecule has 0 saturated carbocycles. The fourth-order valence-corrected chi connectivity index (χ4v) is 3.12. The van der Waals surface area contributed by atoms with Crippen LogP contribution in [0.1, 0.15) is 0 Å². The number of aromatic nitrogens is 5. The van der Waals surface area contributed by atoms with E-state index in [1.54, 1.807) is 19.2 Å². The molecule has 3 heterocycles. The van der Waals surface area contributed by atoms with E-state index < -0.39 is 11.2 Å². The van der Waals surface area contributed by atoms with Gasteiger partial charge in [-0.05, 0) is 6.07 Å². The van der Waals surface area contributed by atoms with E-state index in [0.717, 1.165) is 4.57 Å². The van der Waals surface area contributed by atoms with Gasteiger partial charge in [0.05, 0.1) is 5.52 Å². The Kier molecular flexibility index (Phi) is 3.95. The molecular weight excluding hydrogens is 362 g/mol. The molecule has 0 aliphatic heterocycles. The standard InChI is InChI=1S/C18H17N7O3/c1-4-9-25-16(27)13-14(24(3)18(25)28)20-17(23(13)2)22-21-12-10-7-5-6-8-11(10)19-15(12)26/h4-8,19,26H,1,9H2,2-3H3. The summed E-state index contributed by atoms with van der Waals surface area (Å²) in [5, 5.41) is 19.0. The molecule has 1 aromatic carbocycles. The minimum atomic E-state index is -0.492. The van der Waals surface area contributed by atoms with Gasteiger partial charge in [0.1, 0.15) is 0 Å². The Morgan fingerprint density at radius 3 is 2.71 bits per heavy atom. The lowest BCUT2D eigenvalue weighted by Gasteiger charge is -2.05. The third-order valence-corrected chi connectivity index (χ3v) is 4.55. The predicted molar refractivity (Wildman–Crippen MR) is 105 cm³/mol. The highest BCUT2D eigenvalue weighted by molar-refractivity contribution is 5.94. The summed E-state index contributed by atoms with van der Waals surface area (Å²) in [5.41, 5.74) is 0.433. The second kappa shape index (κ2) is 6.34. The van der Waals surface area contributed by atoms with Crippen LogP contribution in [0.3, 0.4) is 0 Å². The molecule has 0 unspecified atom stereocenters. The minimum absolute atomic E-state index is 0.0900. The Balaban J connectivity index is 1.90. The number of aromatic amines is 1. The quantitative estimate of drug-likeness (QED) is 0.417. The molecule has 28 heavy (non-hydrogen) atoms. The van der Waals surface area contributed by atoms with E-state index in [0.29, 0.717) is 10.9 Å². The molecule has 0 spiro atoms. The number of nitrogens with one attached hydrogen (secondary N) is 1. The zero-order valence-electron chi connectivity index (χ0n) is 15.2. The van der Waals surface area contributed by atoms with Crippen molar-refractivity contribution in [3.63, 3.8) is 0 Å². The van der Waals surface area contributed by atoms with Crippen molar-refractivity contribution >= 4 is 33.7 Å². The summed E-state index contributed by atoms with van der Waals surface area (Å²) in [6, 6.07) is 7.26. The van der Waals surface area contributed by atoms with Gasteiger partial charge in [0.15, 0.2) is 16.9 Å². The van der Waals surface area contributed by atoms with Gasteiger partial charge < -0.3 is 14.7 Å². The highest BCUT2D eigenvalue weighted by Gasteiger charge is 2.18. The number of fused-ring (bicyclic) bond motifs is 2. The predicted octanol–water partition coefficient (Wildman–Crippen LogP) is 2.22. The van der Waals surface area contributed by atoms with E-state index in [1.807, 2.05) is 12.1 Å². The highest BCUT2D eigenvalue weighted by atomic mass is 16.3. The number of benzene rings is 1. The van der Waals surface area contributed by atoms with Crippen molar-refractivity contribution in [3.8, 4) is 5.88 Å². The highest BCUT2D eigenvalue weighted by Crippen LogP contribution is 2.36. The maximum Gasteiger partial charge on any atom is 0.332 e. The van der Waals surface area contributed by atoms with Crippen LogP contribution in [0.2, 0.25) is 0 Å². The van der Waals surface area contributed by atoms with Crippen molar-refractivity contribution < 1.29 is 5.11 Å². The Bertz CT molecular complexity index is 1380. The van der Waals surface area contributed by atoms with Crippen molar-refractivity contribution in [1.29, 1.82) is 0 Å². The second-order valence-corrected chi connectivity index (χ2v) is 6.26. The molecule has 0 amide bonds. The van der Waals surface area contributed by atoms with Crippen molar-refractivity contribution in [2.24, 2.45) is 24.3 Å². The zero-order valence-corrected chi connectivity index (χ0v) is 15.2. The monoisotopic (exact) mass is 379 g/mol. The van der Waals surface area contributed by atoms with Gasteiger partial charge in [-0.25, -0.2) is 4.79 Å². The molecule has 4 rings (SSSR count). The summed E-state index contributed by atoms with van der Waals surface area (Å²) in [4.78, 5) is 32.2. The number of imidazole rings is 1. The number of aryl methyl sites for hydroxylation is 2. The Morgan fingerprint density at radius 1 is 1.21 bits per heavy atom. The van der Waals surface area contributed by atoms with Crippen LogP contribution in [-0.4, -0.2) is 28.8 Å². The first-order valence-electron chi connectivity index (χ1n) is 8.42. The number of allylic oxidation sites excluding steroid dienone is 1. The van der Waals surface area contributed by atoms with Crippen molar-refractivity contribution in [1.82, 2.24) is 23.7 Å². The lowest BCUT2D eigenvalue weighted by Crippen LogP contribution is -2.39. The van der Waals surface area contributed by atoms with Gasteiger partial charge in [-0.15, -0.1) is 16.8 Å². The summed E-state index contributed by atoms with van der Waals surface area (Å²) in [7, 11) is 3.14. The Morgan fingerprint density at radius 2 is 1.96 bits per heavy atom. The van der Waals surface area contributed by atoms with Crippen LogP contribution in [0, 0.1) is 0 Å². The normalized spacial score (nSPS) is 11.8.